The number of carbonyl (C=O) groups excluding carboxylic acids is 1. The molecule has 4 nitrogen and oxygen atoms in total. The molecule has 0 aliphatic heterocycles. The average Bonchev–Trinajstić information content (AvgIpc) is 2.35. The van der Waals surface area contributed by atoms with Gasteiger partial charge in [0.15, 0.2) is 9.84 Å². The van der Waals surface area contributed by atoms with Crippen molar-refractivity contribution in [1.82, 2.24) is 0 Å². The van der Waals surface area contributed by atoms with Crippen LogP contribution in [0.5, 0.6) is 0 Å². The van der Waals surface area contributed by atoms with E-state index in [0.29, 0.717) is 17.7 Å². The number of esters is 1. The van der Waals surface area contributed by atoms with E-state index in [0.717, 1.165) is 5.56 Å². The summed E-state index contributed by atoms with van der Waals surface area (Å²) in [6.07, 6.45) is 0.853. The number of methoxy groups -OCH3 is 1. The minimum Gasteiger partial charge on any atom is -0.469 e. The van der Waals surface area contributed by atoms with Crippen LogP contribution in [0.15, 0.2) is 29.2 Å². The van der Waals surface area contributed by atoms with E-state index in [2.05, 4.69) is 4.74 Å². The van der Waals surface area contributed by atoms with Crippen LogP contribution >= 0.6 is 0 Å². The molecule has 0 saturated carbocycles. The Bertz CT molecular complexity index is 515. The third kappa shape index (κ3) is 5.03. The van der Waals surface area contributed by atoms with Gasteiger partial charge in [-0.1, -0.05) is 26.0 Å². The normalized spacial score (nSPS) is 11.6. The van der Waals surface area contributed by atoms with Gasteiger partial charge in [0.25, 0.3) is 0 Å². The molecule has 0 aromatic heterocycles. The topological polar surface area (TPSA) is 60.4 Å². The Kier molecular flexibility index (Phi) is 5.54. The molecule has 0 aliphatic rings. The summed E-state index contributed by atoms with van der Waals surface area (Å²) < 4.78 is 28.5. The van der Waals surface area contributed by atoms with Crippen LogP contribution < -0.4 is 0 Å². The highest BCUT2D eigenvalue weighted by molar-refractivity contribution is 7.91. The molecule has 19 heavy (non-hydrogen) atoms. The molecule has 0 spiro atoms. The second-order valence-corrected chi connectivity index (χ2v) is 6.93. The lowest BCUT2D eigenvalue weighted by Crippen LogP contribution is -2.11. The Balaban J connectivity index is 2.74. The molecular weight excluding hydrogens is 264 g/mol. The van der Waals surface area contributed by atoms with Crippen LogP contribution in [0, 0.1) is 5.92 Å². The number of sulfone groups is 1. The van der Waals surface area contributed by atoms with Gasteiger partial charge >= 0.3 is 5.97 Å². The standard InChI is InChI=1S/C14H20O4S/c1-11(2)10-19(16,17)13-7-4-12(5-8-13)6-9-14(15)18-3/h4-5,7-8,11H,6,9-10H2,1-3H3. The van der Waals surface area contributed by atoms with E-state index in [-0.39, 0.29) is 17.6 Å². The third-order valence-electron chi connectivity index (χ3n) is 2.68. The first-order valence-corrected chi connectivity index (χ1v) is 7.89. The molecule has 0 saturated heterocycles. The van der Waals surface area contributed by atoms with Crippen LogP contribution in [0.1, 0.15) is 25.8 Å². The second kappa shape index (κ2) is 6.70. The van der Waals surface area contributed by atoms with Gasteiger partial charge in [0.1, 0.15) is 0 Å². The van der Waals surface area contributed by atoms with Crippen molar-refractivity contribution in [2.24, 2.45) is 5.92 Å². The van der Waals surface area contributed by atoms with E-state index in [1.807, 2.05) is 13.8 Å². The first-order valence-electron chi connectivity index (χ1n) is 6.23. The second-order valence-electron chi connectivity index (χ2n) is 4.90. The van der Waals surface area contributed by atoms with Crippen molar-refractivity contribution in [2.45, 2.75) is 31.6 Å². The zero-order chi connectivity index (χ0) is 14.5. The maximum atomic E-state index is 12.0. The Morgan fingerprint density at radius 3 is 2.26 bits per heavy atom. The quantitative estimate of drug-likeness (QED) is 0.752. The molecule has 0 fully saturated rings. The molecule has 0 aliphatic carbocycles. The van der Waals surface area contributed by atoms with Gasteiger partial charge in [-0.2, -0.15) is 0 Å². The Morgan fingerprint density at radius 1 is 1.21 bits per heavy atom. The van der Waals surface area contributed by atoms with Gasteiger partial charge in [-0.25, -0.2) is 8.42 Å². The van der Waals surface area contributed by atoms with Crippen LogP contribution in [-0.4, -0.2) is 27.2 Å². The summed E-state index contributed by atoms with van der Waals surface area (Å²) in [7, 11) is -1.85. The van der Waals surface area contributed by atoms with Crippen LogP contribution in [0.4, 0.5) is 0 Å². The molecule has 0 bridgehead atoms. The van der Waals surface area contributed by atoms with Gasteiger partial charge in [-0.15, -0.1) is 0 Å². The van der Waals surface area contributed by atoms with E-state index < -0.39 is 9.84 Å². The molecule has 1 rings (SSSR count). The fourth-order valence-corrected chi connectivity index (χ4v) is 3.37. The molecule has 0 unspecified atom stereocenters. The number of ether oxygens (including phenoxy) is 1. The van der Waals surface area contributed by atoms with Crippen molar-refractivity contribution >= 4 is 15.8 Å². The van der Waals surface area contributed by atoms with Gasteiger partial charge in [-0.05, 0) is 30.0 Å². The third-order valence-corrected chi connectivity index (χ3v) is 4.78. The molecule has 0 atom stereocenters. The minimum absolute atomic E-state index is 0.101. The van der Waals surface area contributed by atoms with Crippen molar-refractivity contribution in [2.75, 3.05) is 12.9 Å². The SMILES string of the molecule is COC(=O)CCc1ccc(S(=O)(=O)CC(C)C)cc1. The number of aryl methyl sites for hydroxylation is 1. The van der Waals surface area contributed by atoms with Crippen molar-refractivity contribution in [1.29, 1.82) is 0 Å². The van der Waals surface area contributed by atoms with E-state index in [1.54, 1.807) is 24.3 Å². The van der Waals surface area contributed by atoms with Crippen LogP contribution in [0.2, 0.25) is 0 Å². The summed E-state index contributed by atoms with van der Waals surface area (Å²) in [4.78, 5) is 11.4. The molecule has 5 heteroatoms. The minimum atomic E-state index is -3.20. The maximum Gasteiger partial charge on any atom is 0.305 e. The number of benzene rings is 1. The predicted octanol–water partition coefficient (Wildman–Crippen LogP) is 2.22. The molecule has 0 radical (unpaired) electrons. The molecule has 1 aromatic rings. The van der Waals surface area contributed by atoms with Crippen LogP contribution in [0.25, 0.3) is 0 Å². The number of rotatable bonds is 6. The fourth-order valence-electron chi connectivity index (χ4n) is 1.75. The number of hydrogen-bond donors (Lipinski definition) is 0. The van der Waals surface area contributed by atoms with Gasteiger partial charge in [0, 0.05) is 6.42 Å². The highest BCUT2D eigenvalue weighted by atomic mass is 32.2. The molecule has 1 aromatic carbocycles. The van der Waals surface area contributed by atoms with Gasteiger partial charge in [-0.3, -0.25) is 4.79 Å². The summed E-state index contributed by atoms with van der Waals surface area (Å²) in [6.45, 7) is 3.75. The van der Waals surface area contributed by atoms with E-state index >= 15 is 0 Å². The monoisotopic (exact) mass is 284 g/mol. The highest BCUT2D eigenvalue weighted by Crippen LogP contribution is 2.16. The lowest BCUT2D eigenvalue weighted by atomic mass is 10.1. The number of hydrogen-bond acceptors (Lipinski definition) is 4. The zero-order valence-electron chi connectivity index (χ0n) is 11.5. The van der Waals surface area contributed by atoms with Crippen molar-refractivity contribution in [3.05, 3.63) is 29.8 Å². The predicted molar refractivity (Wildman–Crippen MR) is 73.7 cm³/mol. The Morgan fingerprint density at radius 2 is 1.79 bits per heavy atom. The van der Waals surface area contributed by atoms with Gasteiger partial charge in [0.2, 0.25) is 0 Å². The highest BCUT2D eigenvalue weighted by Gasteiger charge is 2.16. The molecule has 106 valence electrons. The summed E-state index contributed by atoms with van der Waals surface area (Å²) in [6, 6.07) is 6.70. The Labute approximate surface area is 114 Å². The average molecular weight is 284 g/mol. The lowest BCUT2D eigenvalue weighted by molar-refractivity contribution is -0.140. The fraction of sp³-hybridized carbons (Fsp3) is 0.500. The first kappa shape index (κ1) is 15.7. The van der Waals surface area contributed by atoms with Gasteiger partial charge in [0.05, 0.1) is 17.8 Å². The van der Waals surface area contributed by atoms with Crippen LogP contribution in [-0.2, 0) is 25.8 Å². The summed E-state index contributed by atoms with van der Waals surface area (Å²) >= 11 is 0. The maximum absolute atomic E-state index is 12.0. The van der Waals surface area contributed by atoms with Gasteiger partial charge < -0.3 is 4.74 Å². The first-order chi connectivity index (χ1) is 8.85. The largest absolute Gasteiger partial charge is 0.469 e. The lowest BCUT2D eigenvalue weighted by Gasteiger charge is -2.08. The molecule has 0 amide bonds. The molecule has 0 heterocycles. The molecular formula is C14H20O4S. The van der Waals surface area contributed by atoms with Crippen LogP contribution in [0.3, 0.4) is 0 Å². The summed E-state index contributed by atoms with van der Waals surface area (Å²) in [5.41, 5.74) is 0.925. The van der Waals surface area contributed by atoms with Crippen molar-refractivity contribution in [3.8, 4) is 0 Å². The van der Waals surface area contributed by atoms with Crippen molar-refractivity contribution in [3.63, 3.8) is 0 Å². The van der Waals surface area contributed by atoms with Crippen molar-refractivity contribution < 1.29 is 17.9 Å². The van der Waals surface area contributed by atoms with E-state index in [4.69, 9.17) is 0 Å². The Hall–Kier alpha value is -1.36. The smallest absolute Gasteiger partial charge is 0.305 e. The zero-order valence-corrected chi connectivity index (χ0v) is 12.4. The summed E-state index contributed by atoms with van der Waals surface area (Å²) in [5.74, 6) is -0.0189. The van der Waals surface area contributed by atoms with E-state index in [9.17, 15) is 13.2 Å². The van der Waals surface area contributed by atoms with E-state index in [1.165, 1.54) is 7.11 Å². The molecule has 0 N–H and O–H groups in total. The number of carbonyl (C=O) groups is 1. The summed E-state index contributed by atoms with van der Waals surface area (Å²) in [5, 5.41) is 0.